The monoisotopic (exact) mass is 607 g/mol. The number of amides is 2. The average molecular weight is 608 g/mol. The van der Waals surface area contributed by atoms with Gasteiger partial charge in [0.25, 0.3) is 5.91 Å². The SMILES string of the molecule is CN(C)C(=O)c1cc2cnc(Nc3cc(F)c(N4CCN(C5CN(C(=O)OC(C)(C)C)C5)CC4)cn3)nc2n1C1CCCC1. The van der Waals surface area contributed by atoms with Gasteiger partial charge < -0.3 is 29.3 Å². The Hall–Kier alpha value is -4.00. The maximum absolute atomic E-state index is 15.4. The van der Waals surface area contributed by atoms with Crippen LogP contribution in [0.2, 0.25) is 0 Å². The molecule has 2 saturated heterocycles. The Bertz CT molecular complexity index is 1530. The van der Waals surface area contributed by atoms with E-state index in [-0.39, 0.29) is 23.9 Å². The molecule has 0 spiro atoms. The first-order valence-electron chi connectivity index (χ1n) is 15.5. The van der Waals surface area contributed by atoms with E-state index >= 15 is 4.39 Å². The smallest absolute Gasteiger partial charge is 0.410 e. The molecule has 0 radical (unpaired) electrons. The normalized spacial score (nSPS) is 18.5. The zero-order chi connectivity index (χ0) is 31.2. The van der Waals surface area contributed by atoms with Crippen LogP contribution in [0.4, 0.5) is 26.6 Å². The molecule has 0 atom stereocenters. The minimum atomic E-state index is -0.504. The molecule has 2 amide bonds. The molecule has 3 aliphatic rings. The quantitative estimate of drug-likeness (QED) is 0.439. The van der Waals surface area contributed by atoms with Gasteiger partial charge in [0.2, 0.25) is 5.95 Å². The number of aromatic nitrogens is 4. The van der Waals surface area contributed by atoms with Gasteiger partial charge in [-0.2, -0.15) is 4.98 Å². The van der Waals surface area contributed by atoms with Crippen LogP contribution in [-0.2, 0) is 4.74 Å². The number of fused-ring (bicyclic) bond motifs is 1. The van der Waals surface area contributed by atoms with E-state index in [2.05, 4.69) is 20.2 Å². The number of rotatable bonds is 6. The van der Waals surface area contributed by atoms with Crippen molar-refractivity contribution >= 4 is 40.5 Å². The standard InChI is InChI=1S/C31H42FN9O3/c1-31(2,3)44-30(43)40-18-22(19-40)38-10-12-39(13-11-38)25-17-33-26(15-23(25)32)35-29-34-16-20-14-24(28(42)37(4)5)41(27(20)36-29)21-8-6-7-9-21/h14-17,21-22H,6-13,18-19H2,1-5H3,(H,33,34,35,36). The molecule has 13 heteroatoms. The van der Waals surface area contributed by atoms with Crippen molar-refractivity contribution in [2.24, 2.45) is 0 Å². The fraction of sp³-hybridized carbons (Fsp3) is 0.581. The first kappa shape index (κ1) is 30.0. The molecule has 1 N–H and O–H groups in total. The van der Waals surface area contributed by atoms with Crippen molar-refractivity contribution in [1.29, 1.82) is 0 Å². The molecule has 3 aromatic heterocycles. The molecule has 3 aromatic rings. The summed E-state index contributed by atoms with van der Waals surface area (Å²) in [5.74, 6) is 0.169. The fourth-order valence-electron chi connectivity index (χ4n) is 6.32. The van der Waals surface area contributed by atoms with Crippen molar-refractivity contribution < 1.29 is 18.7 Å². The number of halogens is 1. The summed E-state index contributed by atoms with van der Waals surface area (Å²) in [4.78, 5) is 46.6. The number of ether oxygens (including phenoxy) is 1. The lowest BCUT2D eigenvalue weighted by molar-refractivity contribution is -0.0162. The van der Waals surface area contributed by atoms with Crippen LogP contribution in [0.15, 0.2) is 24.5 Å². The van der Waals surface area contributed by atoms with Gasteiger partial charge in [0, 0.05) is 83.1 Å². The van der Waals surface area contributed by atoms with E-state index in [9.17, 15) is 9.59 Å². The lowest BCUT2D eigenvalue weighted by Crippen LogP contribution is -2.64. The third-order valence-corrected chi connectivity index (χ3v) is 8.65. The molecule has 236 valence electrons. The highest BCUT2D eigenvalue weighted by Gasteiger charge is 2.38. The molecular formula is C31H42FN9O3. The van der Waals surface area contributed by atoms with Gasteiger partial charge in [-0.15, -0.1) is 0 Å². The predicted octanol–water partition coefficient (Wildman–Crippen LogP) is 4.27. The van der Waals surface area contributed by atoms with E-state index in [0.717, 1.165) is 44.2 Å². The van der Waals surface area contributed by atoms with Crippen LogP contribution < -0.4 is 10.2 Å². The van der Waals surface area contributed by atoms with Gasteiger partial charge in [-0.3, -0.25) is 9.69 Å². The lowest BCUT2D eigenvalue weighted by Gasteiger charge is -2.48. The third-order valence-electron chi connectivity index (χ3n) is 8.65. The van der Waals surface area contributed by atoms with E-state index in [4.69, 9.17) is 9.72 Å². The Morgan fingerprint density at radius 2 is 1.70 bits per heavy atom. The second-order valence-electron chi connectivity index (χ2n) is 13.2. The summed E-state index contributed by atoms with van der Waals surface area (Å²) in [7, 11) is 3.49. The summed E-state index contributed by atoms with van der Waals surface area (Å²) in [6.45, 7) is 9.79. The van der Waals surface area contributed by atoms with Gasteiger partial charge in [-0.1, -0.05) is 12.8 Å². The van der Waals surface area contributed by atoms with Crippen LogP contribution in [0.25, 0.3) is 11.0 Å². The third kappa shape index (κ3) is 6.15. The molecule has 2 aliphatic heterocycles. The topological polar surface area (TPSA) is 112 Å². The first-order chi connectivity index (χ1) is 21.0. The highest BCUT2D eigenvalue weighted by molar-refractivity contribution is 5.98. The number of nitrogens with one attached hydrogen (secondary N) is 1. The van der Waals surface area contributed by atoms with Gasteiger partial charge in [0.15, 0.2) is 5.82 Å². The molecule has 44 heavy (non-hydrogen) atoms. The Morgan fingerprint density at radius 1 is 1.00 bits per heavy atom. The maximum atomic E-state index is 15.4. The van der Waals surface area contributed by atoms with Crippen LogP contribution in [0.3, 0.4) is 0 Å². The zero-order valence-electron chi connectivity index (χ0n) is 26.2. The number of piperazine rings is 1. The number of hydrogen-bond donors (Lipinski definition) is 1. The zero-order valence-corrected chi connectivity index (χ0v) is 26.2. The van der Waals surface area contributed by atoms with E-state index in [1.807, 2.05) is 36.3 Å². The number of hydrogen-bond acceptors (Lipinski definition) is 9. The number of likely N-dealkylation sites (tertiary alicyclic amines) is 1. The van der Waals surface area contributed by atoms with Gasteiger partial charge in [0.1, 0.15) is 22.8 Å². The first-order valence-corrected chi connectivity index (χ1v) is 15.5. The van der Waals surface area contributed by atoms with E-state index in [0.29, 0.717) is 61.0 Å². The number of carbonyl (C=O) groups excluding carboxylic acids is 2. The van der Waals surface area contributed by atoms with Crippen LogP contribution in [0, 0.1) is 5.82 Å². The maximum Gasteiger partial charge on any atom is 0.410 e. The van der Waals surface area contributed by atoms with Crippen molar-refractivity contribution in [3.63, 3.8) is 0 Å². The van der Waals surface area contributed by atoms with Crippen molar-refractivity contribution in [3.05, 3.63) is 36.0 Å². The number of pyridine rings is 1. The Morgan fingerprint density at radius 3 is 2.34 bits per heavy atom. The molecule has 1 aliphatic carbocycles. The number of anilines is 3. The molecule has 3 fully saturated rings. The fourth-order valence-corrected chi connectivity index (χ4v) is 6.32. The Balaban J connectivity index is 1.10. The molecule has 12 nitrogen and oxygen atoms in total. The van der Waals surface area contributed by atoms with Gasteiger partial charge in [-0.05, 0) is 39.7 Å². The summed E-state index contributed by atoms with van der Waals surface area (Å²) in [6.07, 6.45) is 7.21. The second-order valence-corrected chi connectivity index (χ2v) is 13.2. The summed E-state index contributed by atoms with van der Waals surface area (Å²) in [5.41, 5.74) is 1.25. The van der Waals surface area contributed by atoms with Gasteiger partial charge >= 0.3 is 6.09 Å². The Kier molecular flexibility index (Phi) is 8.08. The average Bonchev–Trinajstić information content (AvgIpc) is 3.59. The number of nitrogens with zero attached hydrogens (tertiary/aromatic N) is 8. The van der Waals surface area contributed by atoms with Crippen molar-refractivity contribution in [1.82, 2.24) is 34.2 Å². The molecule has 0 bridgehead atoms. The molecule has 0 aromatic carbocycles. The minimum Gasteiger partial charge on any atom is -0.444 e. The molecule has 1 saturated carbocycles. The summed E-state index contributed by atoms with van der Waals surface area (Å²) < 4.78 is 22.9. The van der Waals surface area contributed by atoms with Crippen molar-refractivity contribution in [2.45, 2.75) is 64.1 Å². The van der Waals surface area contributed by atoms with Crippen LogP contribution in [0.5, 0.6) is 0 Å². The van der Waals surface area contributed by atoms with E-state index < -0.39 is 5.60 Å². The summed E-state index contributed by atoms with van der Waals surface area (Å²) in [6, 6.07) is 3.73. The van der Waals surface area contributed by atoms with Gasteiger partial charge in [-0.25, -0.2) is 19.2 Å². The highest BCUT2D eigenvalue weighted by atomic mass is 19.1. The minimum absolute atomic E-state index is 0.0694. The van der Waals surface area contributed by atoms with E-state index in [1.54, 1.807) is 36.3 Å². The molecular weight excluding hydrogens is 565 g/mol. The largest absolute Gasteiger partial charge is 0.444 e. The molecule has 0 unspecified atom stereocenters. The molecule has 5 heterocycles. The van der Waals surface area contributed by atoms with E-state index in [1.165, 1.54) is 6.07 Å². The number of carbonyl (C=O) groups is 2. The second kappa shape index (κ2) is 11.8. The van der Waals surface area contributed by atoms with Crippen LogP contribution in [-0.4, -0.2) is 111 Å². The highest BCUT2D eigenvalue weighted by Crippen LogP contribution is 2.35. The van der Waals surface area contributed by atoms with Crippen LogP contribution >= 0.6 is 0 Å². The summed E-state index contributed by atoms with van der Waals surface area (Å²) in [5, 5.41) is 3.85. The predicted molar refractivity (Wildman–Crippen MR) is 166 cm³/mol. The van der Waals surface area contributed by atoms with Crippen molar-refractivity contribution in [2.75, 3.05) is 63.6 Å². The van der Waals surface area contributed by atoms with Crippen LogP contribution in [0.1, 0.15) is 63.0 Å². The molecule has 6 rings (SSSR count). The Labute approximate surface area is 257 Å². The van der Waals surface area contributed by atoms with Gasteiger partial charge in [0.05, 0.1) is 11.9 Å². The lowest BCUT2D eigenvalue weighted by atomic mass is 10.1. The summed E-state index contributed by atoms with van der Waals surface area (Å²) >= 11 is 0. The van der Waals surface area contributed by atoms with Crippen molar-refractivity contribution in [3.8, 4) is 0 Å².